The summed E-state index contributed by atoms with van der Waals surface area (Å²) < 4.78 is 39.9. The summed E-state index contributed by atoms with van der Waals surface area (Å²) in [6.07, 6.45) is 0.838. The third kappa shape index (κ3) is 3.76. The predicted molar refractivity (Wildman–Crippen MR) is 113 cm³/mol. The van der Waals surface area contributed by atoms with Crippen LogP contribution in [0.5, 0.6) is 11.6 Å². The molecule has 168 valence electrons. The summed E-state index contributed by atoms with van der Waals surface area (Å²) in [5, 5.41) is 7.77. The molecule has 2 aliphatic rings. The highest BCUT2D eigenvalue weighted by molar-refractivity contribution is 5.84. The Morgan fingerprint density at radius 3 is 2.81 bits per heavy atom. The van der Waals surface area contributed by atoms with E-state index in [4.69, 9.17) is 9.47 Å². The third-order valence-electron chi connectivity index (χ3n) is 6.14. The highest BCUT2D eigenvalue weighted by Crippen LogP contribution is 2.44. The zero-order valence-corrected chi connectivity index (χ0v) is 17.9. The maximum Gasteiger partial charge on any atom is 0.264 e. The van der Waals surface area contributed by atoms with Gasteiger partial charge >= 0.3 is 0 Å². The van der Waals surface area contributed by atoms with Crippen molar-refractivity contribution in [1.82, 2.24) is 20.1 Å². The quantitative estimate of drug-likeness (QED) is 0.599. The van der Waals surface area contributed by atoms with Crippen LogP contribution in [-0.4, -0.2) is 34.4 Å². The lowest BCUT2D eigenvalue weighted by Gasteiger charge is -2.15. The molecule has 0 saturated heterocycles. The lowest BCUT2D eigenvalue weighted by atomic mass is 10.1. The van der Waals surface area contributed by atoms with E-state index in [0.29, 0.717) is 16.7 Å². The van der Waals surface area contributed by atoms with Crippen molar-refractivity contribution in [3.63, 3.8) is 0 Å². The molecular formula is C23H24F2N4O3. The summed E-state index contributed by atoms with van der Waals surface area (Å²) >= 11 is 0. The second-order valence-electron chi connectivity index (χ2n) is 8.34. The first kappa shape index (κ1) is 20.7. The standard InChI is InChI=1S/C23H24F2N4O3/c1-29-23-20(21(28-29)12-3-4-12)16(22(24)25)10-19(27-23)32-11-18(30)26-17-8-5-13-9-14(31-2)6-7-15(13)17/h6-7,9-10,12,17,22H,3-5,8,11H2,1-2H3,(H,26,30). The highest BCUT2D eigenvalue weighted by atomic mass is 19.3. The number of halogens is 2. The van der Waals surface area contributed by atoms with Crippen molar-refractivity contribution in [2.45, 2.75) is 44.1 Å². The zero-order valence-electron chi connectivity index (χ0n) is 17.9. The molecule has 0 aliphatic heterocycles. The van der Waals surface area contributed by atoms with Gasteiger partial charge in [-0.3, -0.25) is 9.48 Å². The number of rotatable bonds is 7. The van der Waals surface area contributed by atoms with Gasteiger partial charge in [-0.15, -0.1) is 0 Å². The largest absolute Gasteiger partial charge is 0.497 e. The van der Waals surface area contributed by atoms with Gasteiger partial charge in [-0.25, -0.2) is 8.78 Å². The normalized spacial score (nSPS) is 17.6. The van der Waals surface area contributed by atoms with Crippen LogP contribution < -0.4 is 14.8 Å². The molecule has 1 unspecified atom stereocenters. The first-order chi connectivity index (χ1) is 15.4. The van der Waals surface area contributed by atoms with E-state index in [2.05, 4.69) is 15.4 Å². The van der Waals surface area contributed by atoms with Crippen molar-refractivity contribution in [3.8, 4) is 11.6 Å². The number of methoxy groups -OCH3 is 1. The number of hydrogen-bond acceptors (Lipinski definition) is 5. The molecule has 3 aromatic rings. The van der Waals surface area contributed by atoms with Crippen molar-refractivity contribution in [2.24, 2.45) is 7.05 Å². The molecule has 1 aromatic carbocycles. The van der Waals surface area contributed by atoms with Gasteiger partial charge in [0.2, 0.25) is 5.88 Å². The first-order valence-corrected chi connectivity index (χ1v) is 10.7. The molecule has 9 heteroatoms. The number of nitrogens with zero attached hydrogens (tertiary/aromatic N) is 3. The first-order valence-electron chi connectivity index (χ1n) is 10.7. The SMILES string of the molecule is COc1ccc2c(c1)CCC2NC(=O)COc1cc(C(F)F)c2c(C3CC3)nn(C)c2n1. The molecule has 2 aliphatic carbocycles. The molecule has 0 radical (unpaired) electrons. The van der Waals surface area contributed by atoms with E-state index in [0.717, 1.165) is 42.6 Å². The van der Waals surface area contributed by atoms with Gasteiger partial charge in [0.05, 0.1) is 24.2 Å². The molecule has 2 heterocycles. The maximum absolute atomic E-state index is 13.8. The van der Waals surface area contributed by atoms with Crippen LogP contribution in [0.25, 0.3) is 11.0 Å². The van der Waals surface area contributed by atoms with E-state index in [-0.39, 0.29) is 35.9 Å². The molecular weight excluding hydrogens is 418 g/mol. The number of carbonyl (C=O) groups is 1. The zero-order chi connectivity index (χ0) is 22.4. The van der Waals surface area contributed by atoms with E-state index in [1.54, 1.807) is 14.2 Å². The Morgan fingerprint density at radius 1 is 1.28 bits per heavy atom. The van der Waals surface area contributed by atoms with Crippen LogP contribution in [0.2, 0.25) is 0 Å². The Kier molecular flexibility index (Phi) is 5.19. The summed E-state index contributed by atoms with van der Waals surface area (Å²) in [6.45, 7) is -0.309. The molecule has 0 spiro atoms. The van der Waals surface area contributed by atoms with E-state index in [1.165, 1.54) is 10.7 Å². The van der Waals surface area contributed by atoms with Crippen LogP contribution in [0.1, 0.15) is 60.0 Å². The minimum Gasteiger partial charge on any atom is -0.497 e. The summed E-state index contributed by atoms with van der Waals surface area (Å²) in [5.41, 5.74) is 3.07. The van der Waals surface area contributed by atoms with Gasteiger partial charge in [0, 0.05) is 24.6 Å². The summed E-state index contributed by atoms with van der Waals surface area (Å²) in [6, 6.07) is 6.92. The minimum atomic E-state index is -2.69. The fraction of sp³-hybridized carbons (Fsp3) is 0.435. The van der Waals surface area contributed by atoms with E-state index in [9.17, 15) is 13.6 Å². The average Bonchev–Trinajstić information content (AvgIpc) is 3.48. The van der Waals surface area contributed by atoms with Crippen LogP contribution in [0, 0.1) is 0 Å². The lowest BCUT2D eigenvalue weighted by molar-refractivity contribution is -0.123. The van der Waals surface area contributed by atoms with Gasteiger partial charge in [0.1, 0.15) is 5.75 Å². The van der Waals surface area contributed by atoms with Crippen molar-refractivity contribution in [1.29, 1.82) is 0 Å². The molecule has 1 fully saturated rings. The van der Waals surface area contributed by atoms with Crippen LogP contribution in [-0.2, 0) is 18.3 Å². The van der Waals surface area contributed by atoms with Crippen LogP contribution >= 0.6 is 0 Å². The number of amides is 1. The Balaban J connectivity index is 1.31. The number of carbonyl (C=O) groups excluding carboxylic acids is 1. The van der Waals surface area contributed by atoms with Gasteiger partial charge in [-0.2, -0.15) is 10.1 Å². The summed E-state index contributed by atoms with van der Waals surface area (Å²) in [7, 11) is 3.30. The topological polar surface area (TPSA) is 78.3 Å². The van der Waals surface area contributed by atoms with Gasteiger partial charge < -0.3 is 14.8 Å². The molecule has 1 N–H and O–H groups in total. The number of pyridine rings is 1. The van der Waals surface area contributed by atoms with Crippen LogP contribution in [0.4, 0.5) is 8.78 Å². The van der Waals surface area contributed by atoms with E-state index >= 15 is 0 Å². The molecule has 5 rings (SSSR count). The molecule has 0 bridgehead atoms. The Bertz CT molecular complexity index is 1190. The summed E-state index contributed by atoms with van der Waals surface area (Å²) in [5.74, 6) is 0.660. The van der Waals surface area contributed by atoms with Gasteiger partial charge in [-0.1, -0.05) is 6.07 Å². The average molecular weight is 442 g/mol. The molecule has 7 nitrogen and oxygen atoms in total. The number of alkyl halides is 2. The third-order valence-corrected chi connectivity index (χ3v) is 6.14. The maximum atomic E-state index is 13.8. The lowest BCUT2D eigenvalue weighted by Crippen LogP contribution is -2.31. The Hall–Kier alpha value is -3.23. The molecule has 32 heavy (non-hydrogen) atoms. The van der Waals surface area contributed by atoms with E-state index < -0.39 is 6.43 Å². The van der Waals surface area contributed by atoms with E-state index in [1.807, 2.05) is 18.2 Å². The minimum absolute atomic E-state index is 0.00939. The van der Waals surface area contributed by atoms with Crippen molar-refractivity contribution in [2.75, 3.05) is 13.7 Å². The summed E-state index contributed by atoms with van der Waals surface area (Å²) in [4.78, 5) is 16.9. The van der Waals surface area contributed by atoms with Crippen molar-refractivity contribution < 1.29 is 23.0 Å². The smallest absolute Gasteiger partial charge is 0.264 e. The number of nitrogens with one attached hydrogen (secondary N) is 1. The molecule has 2 aromatic heterocycles. The second kappa shape index (κ2) is 8.03. The van der Waals surface area contributed by atoms with Gasteiger partial charge in [0.15, 0.2) is 12.3 Å². The molecule has 1 atom stereocenters. The number of hydrogen-bond donors (Lipinski definition) is 1. The molecule has 1 saturated carbocycles. The predicted octanol–water partition coefficient (Wildman–Crippen LogP) is 3.97. The second-order valence-corrected chi connectivity index (χ2v) is 8.34. The Labute approximate surface area is 183 Å². The Morgan fingerprint density at radius 2 is 2.09 bits per heavy atom. The number of benzene rings is 1. The van der Waals surface area contributed by atoms with Gasteiger partial charge in [-0.05, 0) is 48.9 Å². The number of fused-ring (bicyclic) bond motifs is 2. The van der Waals surface area contributed by atoms with Crippen molar-refractivity contribution >= 4 is 16.9 Å². The fourth-order valence-corrected chi connectivity index (χ4v) is 4.42. The number of ether oxygens (including phenoxy) is 2. The fourth-order valence-electron chi connectivity index (χ4n) is 4.42. The monoisotopic (exact) mass is 442 g/mol. The van der Waals surface area contributed by atoms with Gasteiger partial charge in [0.25, 0.3) is 12.3 Å². The highest BCUT2D eigenvalue weighted by Gasteiger charge is 2.32. The number of aromatic nitrogens is 3. The van der Waals surface area contributed by atoms with Crippen LogP contribution in [0.3, 0.4) is 0 Å². The molecule has 1 amide bonds. The number of aryl methyl sites for hydroxylation is 2. The van der Waals surface area contributed by atoms with Crippen LogP contribution in [0.15, 0.2) is 24.3 Å². The van der Waals surface area contributed by atoms with Crippen molar-refractivity contribution in [3.05, 3.63) is 46.6 Å².